The zero-order chi connectivity index (χ0) is 19.1. The average Bonchev–Trinajstić information content (AvgIpc) is 2.97. The number of hydrogen-bond donors (Lipinski definition) is 0. The van der Waals surface area contributed by atoms with Crippen LogP contribution in [0.5, 0.6) is 0 Å². The third-order valence-corrected chi connectivity index (χ3v) is 7.30. The minimum atomic E-state index is 0.235. The summed E-state index contributed by atoms with van der Waals surface area (Å²) in [5.74, 6) is 0. The van der Waals surface area contributed by atoms with Crippen LogP contribution in [-0.4, -0.2) is 0 Å². The first kappa shape index (κ1) is 17.0. The summed E-state index contributed by atoms with van der Waals surface area (Å²) in [5.41, 5.74) is 15.3. The highest BCUT2D eigenvalue weighted by atomic mass is 14.4. The van der Waals surface area contributed by atoms with Crippen molar-refractivity contribution in [1.29, 1.82) is 0 Å². The van der Waals surface area contributed by atoms with E-state index in [4.69, 9.17) is 0 Å². The van der Waals surface area contributed by atoms with Crippen LogP contribution in [0.15, 0.2) is 36.4 Å². The van der Waals surface area contributed by atoms with Gasteiger partial charge in [0.05, 0.1) is 0 Å². The lowest BCUT2D eigenvalue weighted by atomic mass is 9.72. The Kier molecular flexibility index (Phi) is 3.32. The van der Waals surface area contributed by atoms with E-state index < -0.39 is 0 Å². The number of rotatable bonds is 0. The van der Waals surface area contributed by atoms with Crippen molar-refractivity contribution < 1.29 is 0 Å². The summed E-state index contributed by atoms with van der Waals surface area (Å²) in [6.07, 6.45) is 8.22. The number of hydrogen-bond acceptors (Lipinski definition) is 0. The van der Waals surface area contributed by atoms with Crippen molar-refractivity contribution >= 4 is 11.1 Å². The van der Waals surface area contributed by atoms with E-state index >= 15 is 0 Å². The van der Waals surface area contributed by atoms with Crippen molar-refractivity contribution in [1.82, 2.24) is 0 Å². The van der Waals surface area contributed by atoms with Gasteiger partial charge in [-0.15, -0.1) is 0 Å². The standard InChI is InChI=1S/C27H30/c1-16-7-9-26(3,4)24-12-18-11-19-13-25-21(17(2)8-10-27(25,5)6)15-23(19)22(18)14-20(16)24/h7-8,12-15H,9-11H2,1-6H3. The fourth-order valence-electron chi connectivity index (χ4n) is 5.32. The van der Waals surface area contributed by atoms with Crippen LogP contribution in [0.2, 0.25) is 0 Å². The van der Waals surface area contributed by atoms with Gasteiger partial charge in [-0.05, 0) is 112 Å². The molecule has 3 aliphatic rings. The number of allylic oxidation sites excluding steroid dienone is 4. The molecular formula is C27H30. The Balaban J connectivity index is 1.73. The largest absolute Gasteiger partial charge is 0.0801 e. The smallest absolute Gasteiger partial charge is 0.00132 e. The third kappa shape index (κ3) is 2.35. The lowest BCUT2D eigenvalue weighted by Gasteiger charge is -2.32. The molecule has 0 heteroatoms. The fourth-order valence-corrected chi connectivity index (χ4v) is 5.32. The van der Waals surface area contributed by atoms with Gasteiger partial charge >= 0.3 is 0 Å². The molecule has 0 saturated carbocycles. The first-order valence-corrected chi connectivity index (χ1v) is 10.4. The third-order valence-electron chi connectivity index (χ3n) is 7.30. The summed E-state index contributed by atoms with van der Waals surface area (Å²) in [6.45, 7) is 14.1. The molecular weight excluding hydrogens is 324 g/mol. The van der Waals surface area contributed by atoms with Crippen molar-refractivity contribution in [2.75, 3.05) is 0 Å². The van der Waals surface area contributed by atoms with E-state index in [1.807, 2.05) is 0 Å². The predicted octanol–water partition coefficient (Wildman–Crippen LogP) is 7.43. The molecule has 0 fully saturated rings. The molecule has 0 heterocycles. The molecule has 0 saturated heterocycles. The van der Waals surface area contributed by atoms with Gasteiger partial charge in [0.25, 0.3) is 0 Å². The summed E-state index contributed by atoms with van der Waals surface area (Å²) in [4.78, 5) is 0. The second kappa shape index (κ2) is 5.25. The molecule has 138 valence electrons. The molecule has 5 rings (SSSR count). The van der Waals surface area contributed by atoms with Gasteiger partial charge in [0.2, 0.25) is 0 Å². The van der Waals surface area contributed by atoms with E-state index in [2.05, 4.69) is 78.0 Å². The zero-order valence-electron chi connectivity index (χ0n) is 17.6. The molecule has 2 aromatic carbocycles. The molecule has 0 bridgehead atoms. The Morgan fingerprint density at radius 3 is 1.41 bits per heavy atom. The highest BCUT2D eigenvalue weighted by Gasteiger charge is 2.33. The summed E-state index contributed by atoms with van der Waals surface area (Å²) < 4.78 is 0. The van der Waals surface area contributed by atoms with E-state index in [9.17, 15) is 0 Å². The summed E-state index contributed by atoms with van der Waals surface area (Å²) in [6, 6.07) is 10.0. The minimum Gasteiger partial charge on any atom is -0.0801 e. The Hall–Kier alpha value is -2.08. The van der Waals surface area contributed by atoms with E-state index in [0.29, 0.717) is 0 Å². The Labute approximate surface area is 164 Å². The molecule has 0 N–H and O–H groups in total. The van der Waals surface area contributed by atoms with Gasteiger partial charge in [-0.3, -0.25) is 0 Å². The summed E-state index contributed by atoms with van der Waals surface area (Å²) >= 11 is 0. The van der Waals surface area contributed by atoms with E-state index in [0.717, 1.165) is 19.3 Å². The highest BCUT2D eigenvalue weighted by Crippen LogP contribution is 2.48. The normalized spacial score (nSPS) is 20.8. The van der Waals surface area contributed by atoms with Crippen LogP contribution in [0.1, 0.15) is 87.8 Å². The molecule has 0 aromatic heterocycles. The van der Waals surface area contributed by atoms with Crippen molar-refractivity contribution in [3.8, 4) is 11.1 Å². The average molecular weight is 355 g/mol. The van der Waals surface area contributed by atoms with E-state index in [1.54, 1.807) is 0 Å². The number of fused-ring (bicyclic) bond motifs is 5. The van der Waals surface area contributed by atoms with Gasteiger partial charge < -0.3 is 0 Å². The second-order valence-corrected chi connectivity index (χ2v) is 10.2. The maximum Gasteiger partial charge on any atom is -0.00132 e. The van der Waals surface area contributed by atoms with Gasteiger partial charge in [0, 0.05) is 0 Å². The fraction of sp³-hybridized carbons (Fsp3) is 0.407. The van der Waals surface area contributed by atoms with Gasteiger partial charge in [-0.25, -0.2) is 0 Å². The molecule has 0 nitrogen and oxygen atoms in total. The molecule has 0 aliphatic heterocycles. The van der Waals surface area contributed by atoms with Crippen LogP contribution < -0.4 is 0 Å². The molecule has 2 aromatic rings. The monoisotopic (exact) mass is 354 g/mol. The van der Waals surface area contributed by atoms with Gasteiger partial charge in [0.15, 0.2) is 0 Å². The molecule has 0 spiro atoms. The summed E-state index contributed by atoms with van der Waals surface area (Å²) in [5, 5.41) is 0. The highest BCUT2D eigenvalue weighted by molar-refractivity contribution is 5.86. The van der Waals surface area contributed by atoms with Crippen LogP contribution >= 0.6 is 0 Å². The van der Waals surface area contributed by atoms with Crippen molar-refractivity contribution in [2.45, 2.75) is 71.6 Å². The Morgan fingerprint density at radius 2 is 1.00 bits per heavy atom. The molecule has 0 radical (unpaired) electrons. The van der Waals surface area contributed by atoms with Gasteiger partial charge in [-0.1, -0.05) is 52.0 Å². The van der Waals surface area contributed by atoms with Crippen molar-refractivity contribution in [2.24, 2.45) is 0 Å². The van der Waals surface area contributed by atoms with Crippen LogP contribution in [0.4, 0.5) is 0 Å². The lowest BCUT2D eigenvalue weighted by Crippen LogP contribution is -2.21. The van der Waals surface area contributed by atoms with Crippen LogP contribution in [0.3, 0.4) is 0 Å². The maximum absolute atomic E-state index is 2.52. The van der Waals surface area contributed by atoms with Crippen LogP contribution in [0, 0.1) is 0 Å². The molecule has 3 aliphatic carbocycles. The van der Waals surface area contributed by atoms with Gasteiger partial charge in [0.1, 0.15) is 0 Å². The van der Waals surface area contributed by atoms with Crippen molar-refractivity contribution in [3.05, 3.63) is 69.8 Å². The molecule has 27 heavy (non-hydrogen) atoms. The number of benzene rings is 2. The van der Waals surface area contributed by atoms with E-state index in [-0.39, 0.29) is 10.8 Å². The maximum atomic E-state index is 2.52. The van der Waals surface area contributed by atoms with Crippen molar-refractivity contribution in [3.63, 3.8) is 0 Å². The lowest BCUT2D eigenvalue weighted by molar-refractivity contribution is 0.526. The second-order valence-electron chi connectivity index (χ2n) is 10.2. The first-order chi connectivity index (χ1) is 12.7. The van der Waals surface area contributed by atoms with Crippen LogP contribution in [0.25, 0.3) is 22.3 Å². The van der Waals surface area contributed by atoms with E-state index in [1.165, 1.54) is 55.7 Å². The summed E-state index contributed by atoms with van der Waals surface area (Å²) in [7, 11) is 0. The van der Waals surface area contributed by atoms with Crippen LogP contribution in [-0.2, 0) is 17.3 Å². The predicted molar refractivity (Wildman–Crippen MR) is 117 cm³/mol. The Bertz CT molecular complexity index is 968. The molecule has 0 amide bonds. The first-order valence-electron chi connectivity index (χ1n) is 10.4. The molecule has 0 atom stereocenters. The topological polar surface area (TPSA) is 0 Å². The quantitative estimate of drug-likeness (QED) is 0.394. The minimum absolute atomic E-state index is 0.235. The Morgan fingerprint density at radius 1 is 0.593 bits per heavy atom. The SMILES string of the molecule is CC1=CCC(C)(C)c2cc3c(cc21)-c1cc2c(cc1C3)C(C)(C)CC=C2C. The zero-order valence-corrected chi connectivity index (χ0v) is 17.6. The molecule has 0 unspecified atom stereocenters. The van der Waals surface area contributed by atoms with Gasteiger partial charge in [-0.2, -0.15) is 0 Å².